The topological polar surface area (TPSA) is 139 Å². The molecule has 1 amide bonds. The highest BCUT2D eigenvalue weighted by molar-refractivity contribution is 5.98. The molecule has 0 radical (unpaired) electrons. The van der Waals surface area contributed by atoms with Gasteiger partial charge >= 0.3 is 5.97 Å². The van der Waals surface area contributed by atoms with E-state index in [1.165, 1.54) is 6.21 Å². The second-order valence-corrected chi connectivity index (χ2v) is 9.15. The Bertz CT molecular complexity index is 1110. The number of piperazine rings is 1. The van der Waals surface area contributed by atoms with Crippen LogP contribution in [0.3, 0.4) is 0 Å². The Morgan fingerprint density at radius 1 is 1.19 bits per heavy atom. The first-order valence-electron chi connectivity index (χ1n) is 12.3. The van der Waals surface area contributed by atoms with Gasteiger partial charge in [0.2, 0.25) is 0 Å². The molecular formula is C25H34N8O3. The predicted molar refractivity (Wildman–Crippen MR) is 140 cm³/mol. The van der Waals surface area contributed by atoms with E-state index in [1.807, 2.05) is 21.6 Å². The summed E-state index contributed by atoms with van der Waals surface area (Å²) in [4.78, 5) is 32.1. The molecular weight excluding hydrogens is 460 g/mol. The zero-order valence-electron chi connectivity index (χ0n) is 20.6. The fourth-order valence-electron chi connectivity index (χ4n) is 4.96. The first-order valence-corrected chi connectivity index (χ1v) is 12.3. The van der Waals surface area contributed by atoms with Crippen molar-refractivity contribution in [1.29, 1.82) is 5.41 Å². The normalized spacial score (nSPS) is 16.5. The summed E-state index contributed by atoms with van der Waals surface area (Å²) in [5.41, 5.74) is 2.13. The van der Waals surface area contributed by atoms with E-state index in [4.69, 9.17) is 10.5 Å². The molecule has 2 aromatic heterocycles. The Balaban J connectivity index is 1.43. The third kappa shape index (κ3) is 5.68. The molecule has 192 valence electrons. The fraction of sp³-hybridized carbons (Fsp3) is 0.440. The summed E-state index contributed by atoms with van der Waals surface area (Å²) in [6, 6.07) is 5.77. The molecule has 3 heterocycles. The number of anilines is 3. The van der Waals surface area contributed by atoms with Crippen LogP contribution in [-0.4, -0.2) is 77.4 Å². The lowest BCUT2D eigenvalue weighted by Gasteiger charge is -2.35. The number of carbonyl (C=O) groups excluding carboxylic acids is 1. The van der Waals surface area contributed by atoms with Crippen molar-refractivity contribution in [3.63, 3.8) is 0 Å². The number of carboxylic acid groups (broad SMARTS) is 1. The van der Waals surface area contributed by atoms with Gasteiger partial charge in [-0.05, 0) is 31.0 Å². The van der Waals surface area contributed by atoms with Gasteiger partial charge in [-0.2, -0.15) is 0 Å². The van der Waals surface area contributed by atoms with Crippen molar-refractivity contribution >= 4 is 35.4 Å². The standard InChI is InChI=1S/C25H34N8O3/c1-17(29-22-8-7-20(15-28-22)32-11-9-31(10-12-32)16-23(34)35)30-24-18(14-26)13-21(25(36)27-2)33(24)19-5-3-4-6-19/h7-8,13-15,19,26,30H,1,3-6,9-12,16H2,2H3,(H,27,36)(H,28,29)(H,34,35). The van der Waals surface area contributed by atoms with E-state index in [2.05, 4.69) is 32.4 Å². The first-order chi connectivity index (χ1) is 17.4. The second-order valence-electron chi connectivity index (χ2n) is 9.15. The molecule has 11 nitrogen and oxygen atoms in total. The second kappa shape index (κ2) is 11.3. The zero-order chi connectivity index (χ0) is 25.7. The van der Waals surface area contributed by atoms with Crippen LogP contribution in [0, 0.1) is 5.41 Å². The van der Waals surface area contributed by atoms with Crippen LogP contribution in [-0.2, 0) is 4.79 Å². The van der Waals surface area contributed by atoms with Crippen molar-refractivity contribution in [3.8, 4) is 0 Å². The third-order valence-corrected chi connectivity index (χ3v) is 6.76. The Hall–Kier alpha value is -3.86. The van der Waals surface area contributed by atoms with Crippen LogP contribution in [0.25, 0.3) is 0 Å². The van der Waals surface area contributed by atoms with E-state index in [-0.39, 0.29) is 18.5 Å². The lowest BCUT2D eigenvalue weighted by atomic mass is 10.2. The van der Waals surface area contributed by atoms with Crippen molar-refractivity contribution in [3.05, 3.63) is 48.1 Å². The predicted octanol–water partition coefficient (Wildman–Crippen LogP) is 2.56. The molecule has 0 bridgehead atoms. The van der Waals surface area contributed by atoms with Crippen molar-refractivity contribution in [2.45, 2.75) is 31.7 Å². The molecule has 1 aliphatic carbocycles. The quantitative estimate of drug-likeness (QED) is 0.318. The monoisotopic (exact) mass is 494 g/mol. The molecule has 11 heteroatoms. The largest absolute Gasteiger partial charge is 0.480 e. The van der Waals surface area contributed by atoms with E-state index in [0.717, 1.165) is 44.5 Å². The number of hydrogen-bond donors (Lipinski definition) is 5. The van der Waals surface area contributed by atoms with Gasteiger partial charge in [-0.15, -0.1) is 0 Å². The van der Waals surface area contributed by atoms with Crippen molar-refractivity contribution in [2.75, 3.05) is 55.3 Å². The number of nitrogens with zero attached hydrogens (tertiary/aromatic N) is 4. The Kier molecular flexibility index (Phi) is 7.89. The van der Waals surface area contributed by atoms with Gasteiger partial charge in [0.05, 0.1) is 18.4 Å². The molecule has 2 fully saturated rings. The van der Waals surface area contributed by atoms with Gasteiger partial charge in [0.25, 0.3) is 5.91 Å². The molecule has 0 atom stereocenters. The number of carboxylic acids is 1. The van der Waals surface area contributed by atoms with E-state index in [9.17, 15) is 9.59 Å². The molecule has 2 aromatic rings. The highest BCUT2D eigenvalue weighted by Crippen LogP contribution is 2.36. The van der Waals surface area contributed by atoms with E-state index in [0.29, 0.717) is 41.8 Å². The number of aliphatic carboxylic acids is 1. The molecule has 0 spiro atoms. The average Bonchev–Trinajstić information content (AvgIpc) is 3.52. The Morgan fingerprint density at radius 2 is 1.92 bits per heavy atom. The van der Waals surface area contributed by atoms with E-state index >= 15 is 0 Å². The molecule has 1 aliphatic heterocycles. The number of carbonyl (C=O) groups is 2. The lowest BCUT2D eigenvalue weighted by molar-refractivity contribution is -0.138. The highest BCUT2D eigenvalue weighted by Gasteiger charge is 2.27. The van der Waals surface area contributed by atoms with E-state index < -0.39 is 5.97 Å². The zero-order valence-corrected chi connectivity index (χ0v) is 20.6. The minimum absolute atomic E-state index is 0.0679. The molecule has 1 saturated heterocycles. The van der Waals surface area contributed by atoms with Gasteiger partial charge < -0.3 is 35.9 Å². The maximum Gasteiger partial charge on any atom is 0.317 e. The minimum atomic E-state index is -0.803. The fourth-order valence-corrected chi connectivity index (χ4v) is 4.96. The van der Waals surface area contributed by atoms with Crippen LogP contribution in [0.15, 0.2) is 36.8 Å². The SMILES string of the molecule is C=C(Nc1ccc(N2CCN(CC(=O)O)CC2)cn1)Nc1c(C=N)cc(C(=O)NC)n1C1CCCC1. The lowest BCUT2D eigenvalue weighted by Crippen LogP contribution is -2.48. The number of aromatic nitrogens is 2. The maximum atomic E-state index is 12.6. The van der Waals surface area contributed by atoms with Gasteiger partial charge in [-0.25, -0.2) is 4.98 Å². The highest BCUT2D eigenvalue weighted by atomic mass is 16.4. The summed E-state index contributed by atoms with van der Waals surface area (Å²) in [5.74, 6) is 0.785. The number of rotatable bonds is 10. The summed E-state index contributed by atoms with van der Waals surface area (Å²) in [7, 11) is 1.61. The molecule has 1 saturated carbocycles. The Labute approximate surface area is 210 Å². The molecule has 4 rings (SSSR count). The summed E-state index contributed by atoms with van der Waals surface area (Å²) >= 11 is 0. The number of pyridine rings is 1. The van der Waals surface area contributed by atoms with Crippen molar-refractivity contribution in [2.24, 2.45) is 0 Å². The number of nitrogens with one attached hydrogen (secondary N) is 4. The minimum Gasteiger partial charge on any atom is -0.480 e. The van der Waals surface area contributed by atoms with Crippen LogP contribution in [0.1, 0.15) is 47.8 Å². The number of hydrogen-bond acceptors (Lipinski definition) is 8. The summed E-state index contributed by atoms with van der Waals surface area (Å²) in [6.07, 6.45) is 7.22. The molecule has 0 unspecified atom stereocenters. The summed E-state index contributed by atoms with van der Waals surface area (Å²) in [6.45, 7) is 7.04. The maximum absolute atomic E-state index is 12.6. The van der Waals surface area contributed by atoms with Gasteiger partial charge in [0.1, 0.15) is 23.2 Å². The van der Waals surface area contributed by atoms with Crippen LogP contribution >= 0.6 is 0 Å². The van der Waals surface area contributed by atoms with Crippen molar-refractivity contribution < 1.29 is 14.7 Å². The van der Waals surface area contributed by atoms with Crippen LogP contribution in [0.2, 0.25) is 0 Å². The van der Waals surface area contributed by atoms with E-state index in [1.54, 1.807) is 19.3 Å². The van der Waals surface area contributed by atoms with Gasteiger partial charge in [0.15, 0.2) is 0 Å². The summed E-state index contributed by atoms with van der Waals surface area (Å²) in [5, 5.41) is 26.0. The van der Waals surface area contributed by atoms with Gasteiger partial charge in [-0.1, -0.05) is 19.4 Å². The summed E-state index contributed by atoms with van der Waals surface area (Å²) < 4.78 is 2.00. The molecule has 36 heavy (non-hydrogen) atoms. The van der Waals surface area contributed by atoms with Crippen LogP contribution in [0.4, 0.5) is 17.3 Å². The Morgan fingerprint density at radius 3 is 2.50 bits per heavy atom. The van der Waals surface area contributed by atoms with Crippen molar-refractivity contribution in [1.82, 2.24) is 19.8 Å². The third-order valence-electron chi connectivity index (χ3n) is 6.76. The van der Waals surface area contributed by atoms with Crippen LogP contribution in [0.5, 0.6) is 0 Å². The first kappa shape index (κ1) is 25.2. The molecule has 2 aliphatic rings. The van der Waals surface area contributed by atoms with Gasteiger partial charge in [-0.3, -0.25) is 14.5 Å². The van der Waals surface area contributed by atoms with Gasteiger partial charge in [0, 0.05) is 51.0 Å². The number of amides is 1. The smallest absolute Gasteiger partial charge is 0.317 e. The average molecular weight is 495 g/mol. The molecule has 0 aromatic carbocycles. The molecule has 5 N–H and O–H groups in total. The van der Waals surface area contributed by atoms with Crippen LogP contribution < -0.4 is 20.9 Å².